The van der Waals surface area contributed by atoms with Crippen LogP contribution in [0.2, 0.25) is 0 Å². The van der Waals surface area contributed by atoms with Crippen LogP contribution in [-0.2, 0) is 0 Å². The Morgan fingerprint density at radius 3 is 2.75 bits per heavy atom. The number of H-pyrrole nitrogens is 1. The maximum absolute atomic E-state index is 3.47. The van der Waals surface area contributed by atoms with Gasteiger partial charge in [-0.3, -0.25) is 0 Å². The first-order chi connectivity index (χ1) is 9.92. The van der Waals surface area contributed by atoms with Gasteiger partial charge in [0.05, 0.1) is 0 Å². The number of benzene rings is 2. The van der Waals surface area contributed by atoms with Crippen molar-refractivity contribution in [1.29, 1.82) is 0 Å². The molecule has 0 radical (unpaired) electrons. The second-order valence-electron chi connectivity index (χ2n) is 5.12. The van der Waals surface area contributed by atoms with Crippen LogP contribution in [0.5, 0.6) is 0 Å². The van der Waals surface area contributed by atoms with Crippen molar-refractivity contribution in [1.82, 2.24) is 4.98 Å². The first-order valence-electron chi connectivity index (χ1n) is 6.96. The molecule has 1 heterocycles. The van der Waals surface area contributed by atoms with E-state index in [0.717, 1.165) is 6.42 Å². The fourth-order valence-corrected chi connectivity index (χ4v) is 2.80. The van der Waals surface area contributed by atoms with Gasteiger partial charge in [-0.25, -0.2) is 0 Å². The molecular formula is C19H15N. The van der Waals surface area contributed by atoms with Crippen LogP contribution in [0.4, 0.5) is 0 Å². The quantitative estimate of drug-likeness (QED) is 0.615. The lowest BCUT2D eigenvalue weighted by Gasteiger charge is -2.02. The van der Waals surface area contributed by atoms with E-state index in [2.05, 4.69) is 77.8 Å². The van der Waals surface area contributed by atoms with E-state index in [9.17, 15) is 0 Å². The molecule has 0 saturated carbocycles. The predicted octanol–water partition coefficient (Wildman–Crippen LogP) is 5.22. The summed E-state index contributed by atoms with van der Waals surface area (Å²) in [7, 11) is 0. The summed E-state index contributed by atoms with van der Waals surface area (Å²) in [5.41, 5.74) is 4.93. The minimum atomic E-state index is 1.01. The molecule has 1 aromatic heterocycles. The van der Waals surface area contributed by atoms with Crippen LogP contribution in [0, 0.1) is 0 Å². The first-order valence-corrected chi connectivity index (χ1v) is 6.96. The zero-order valence-electron chi connectivity index (χ0n) is 11.1. The minimum absolute atomic E-state index is 1.01. The van der Waals surface area contributed by atoms with E-state index in [-0.39, 0.29) is 0 Å². The van der Waals surface area contributed by atoms with Gasteiger partial charge in [-0.2, -0.15) is 0 Å². The summed E-state index contributed by atoms with van der Waals surface area (Å²) >= 11 is 0. The van der Waals surface area contributed by atoms with Crippen LogP contribution in [0.3, 0.4) is 0 Å². The van der Waals surface area contributed by atoms with Crippen molar-refractivity contribution in [2.75, 3.05) is 0 Å². The van der Waals surface area contributed by atoms with Gasteiger partial charge in [0.1, 0.15) is 0 Å². The fraction of sp³-hybridized carbons (Fsp3) is 0.0526. The summed E-state index contributed by atoms with van der Waals surface area (Å²) in [6, 6.07) is 15.1. The van der Waals surface area contributed by atoms with Gasteiger partial charge in [-0.15, -0.1) is 0 Å². The highest BCUT2D eigenvalue weighted by Gasteiger charge is 2.06. The predicted molar refractivity (Wildman–Crippen MR) is 86.7 cm³/mol. The van der Waals surface area contributed by atoms with Gasteiger partial charge < -0.3 is 4.98 Å². The van der Waals surface area contributed by atoms with E-state index in [0.29, 0.717) is 0 Å². The van der Waals surface area contributed by atoms with Gasteiger partial charge in [-0.1, -0.05) is 54.6 Å². The van der Waals surface area contributed by atoms with E-state index in [4.69, 9.17) is 0 Å². The molecule has 0 atom stereocenters. The Bertz CT molecular complexity index is 875. The summed E-state index contributed by atoms with van der Waals surface area (Å²) in [6.45, 7) is 0. The number of nitrogens with one attached hydrogen (secondary N) is 1. The van der Waals surface area contributed by atoms with Crippen molar-refractivity contribution in [3.8, 4) is 0 Å². The molecule has 1 N–H and O–H groups in total. The average Bonchev–Trinajstić information content (AvgIpc) is 2.67. The average molecular weight is 257 g/mol. The standard InChI is InChI=1S/C19H15N/c1-2-4-8-14(7-3-1)15-11-12-19-17(13-15)16-9-5-6-10-18(16)20-19/h1,3-13,20H,2H2. The van der Waals surface area contributed by atoms with Crippen LogP contribution < -0.4 is 0 Å². The summed E-state index contributed by atoms with van der Waals surface area (Å²) in [5.74, 6) is 0. The molecule has 0 unspecified atom stereocenters. The molecule has 0 fully saturated rings. The monoisotopic (exact) mass is 257 g/mol. The summed E-state index contributed by atoms with van der Waals surface area (Å²) < 4.78 is 0. The molecule has 0 bridgehead atoms. The van der Waals surface area contributed by atoms with Gasteiger partial charge in [0, 0.05) is 21.8 Å². The van der Waals surface area contributed by atoms with Crippen molar-refractivity contribution >= 4 is 27.4 Å². The molecule has 1 heteroatoms. The van der Waals surface area contributed by atoms with Gasteiger partial charge in [0.2, 0.25) is 0 Å². The van der Waals surface area contributed by atoms with Crippen LogP contribution in [-0.4, -0.2) is 4.98 Å². The van der Waals surface area contributed by atoms with Crippen molar-refractivity contribution in [3.63, 3.8) is 0 Å². The second-order valence-corrected chi connectivity index (χ2v) is 5.12. The Balaban J connectivity index is 1.96. The molecule has 4 rings (SSSR count). The molecule has 96 valence electrons. The SMILES string of the molecule is C1=CCC=CC(c2ccc3[nH]c4ccccc4c3c2)=C1. The number of rotatable bonds is 1. The normalized spacial score (nSPS) is 14.7. The van der Waals surface area contributed by atoms with E-state index in [1.807, 2.05) is 0 Å². The third-order valence-corrected chi connectivity index (χ3v) is 3.82. The Morgan fingerprint density at radius 1 is 0.850 bits per heavy atom. The second kappa shape index (κ2) is 4.53. The third-order valence-electron chi connectivity index (χ3n) is 3.82. The number of para-hydroxylation sites is 1. The largest absolute Gasteiger partial charge is 0.355 e. The lowest BCUT2D eigenvalue weighted by atomic mass is 10.0. The smallest absolute Gasteiger partial charge is 0.0465 e. The number of hydrogen-bond acceptors (Lipinski definition) is 0. The van der Waals surface area contributed by atoms with Crippen LogP contribution in [0.15, 0.2) is 72.8 Å². The highest BCUT2D eigenvalue weighted by Crippen LogP contribution is 2.29. The van der Waals surface area contributed by atoms with Crippen LogP contribution in [0.25, 0.3) is 27.4 Å². The Hall–Kier alpha value is -2.54. The van der Waals surface area contributed by atoms with Crippen molar-refractivity contribution < 1.29 is 0 Å². The molecule has 1 aliphatic rings. The number of aromatic nitrogens is 1. The lowest BCUT2D eigenvalue weighted by molar-refractivity contribution is 1.41. The summed E-state index contributed by atoms with van der Waals surface area (Å²) in [4.78, 5) is 3.47. The molecule has 0 saturated heterocycles. The van der Waals surface area contributed by atoms with Crippen molar-refractivity contribution in [2.24, 2.45) is 0 Å². The molecule has 0 spiro atoms. The zero-order chi connectivity index (χ0) is 13.4. The minimum Gasteiger partial charge on any atom is -0.355 e. The number of aromatic amines is 1. The molecule has 0 amide bonds. The molecule has 0 aliphatic heterocycles. The molecule has 1 aliphatic carbocycles. The van der Waals surface area contributed by atoms with Crippen LogP contribution >= 0.6 is 0 Å². The van der Waals surface area contributed by atoms with E-state index in [1.54, 1.807) is 0 Å². The van der Waals surface area contributed by atoms with Gasteiger partial charge in [-0.05, 0) is 35.8 Å². The van der Waals surface area contributed by atoms with E-state index in [1.165, 1.54) is 32.9 Å². The zero-order valence-corrected chi connectivity index (χ0v) is 11.1. The van der Waals surface area contributed by atoms with Crippen LogP contribution in [0.1, 0.15) is 12.0 Å². The summed E-state index contributed by atoms with van der Waals surface area (Å²) in [5, 5.41) is 2.58. The van der Waals surface area contributed by atoms with E-state index >= 15 is 0 Å². The summed E-state index contributed by atoms with van der Waals surface area (Å²) in [6.07, 6.45) is 11.9. The van der Waals surface area contributed by atoms with Crippen molar-refractivity contribution in [2.45, 2.75) is 6.42 Å². The van der Waals surface area contributed by atoms with Gasteiger partial charge >= 0.3 is 0 Å². The highest BCUT2D eigenvalue weighted by molar-refractivity contribution is 6.08. The first kappa shape index (κ1) is 11.3. The number of hydrogen-bond donors (Lipinski definition) is 1. The molecule has 2 aromatic carbocycles. The molecular weight excluding hydrogens is 242 g/mol. The molecule has 3 aromatic rings. The molecule has 20 heavy (non-hydrogen) atoms. The van der Waals surface area contributed by atoms with E-state index < -0.39 is 0 Å². The molecule has 1 nitrogen and oxygen atoms in total. The third kappa shape index (κ3) is 1.79. The topological polar surface area (TPSA) is 15.8 Å². The Morgan fingerprint density at radius 2 is 1.75 bits per heavy atom. The van der Waals surface area contributed by atoms with Crippen molar-refractivity contribution in [3.05, 3.63) is 78.4 Å². The maximum atomic E-state index is 3.47. The number of fused-ring (bicyclic) bond motifs is 3. The highest BCUT2D eigenvalue weighted by atomic mass is 14.7. The maximum Gasteiger partial charge on any atom is 0.0465 e. The number of allylic oxidation sites excluding steroid dienone is 6. The van der Waals surface area contributed by atoms with Gasteiger partial charge in [0.15, 0.2) is 0 Å². The lowest BCUT2D eigenvalue weighted by Crippen LogP contribution is -1.80. The fourth-order valence-electron chi connectivity index (χ4n) is 2.80. The van der Waals surface area contributed by atoms with Gasteiger partial charge in [0.25, 0.3) is 0 Å². The Kier molecular flexibility index (Phi) is 2.56. The Labute approximate surface area is 117 Å².